The average Bonchev–Trinajstić information content (AvgIpc) is 2.35. The first-order valence-electron chi connectivity index (χ1n) is 2.67. The summed E-state index contributed by atoms with van der Waals surface area (Å²) in [7, 11) is 0. The number of aromatic amines is 1. The molecule has 57 valence electrons. The zero-order valence-corrected chi connectivity index (χ0v) is 9.81. The SMILES string of the molecule is Clc1ccn2cc[nH]c12.[CH3-].[Y]. The van der Waals surface area contributed by atoms with Gasteiger partial charge in [0, 0.05) is 51.3 Å². The van der Waals surface area contributed by atoms with Crippen LogP contribution in [0, 0.1) is 7.43 Å². The largest absolute Gasteiger partial charge is 0.358 e. The van der Waals surface area contributed by atoms with E-state index in [-0.39, 0.29) is 40.1 Å². The molecule has 0 bridgehead atoms. The van der Waals surface area contributed by atoms with Gasteiger partial charge in [0.2, 0.25) is 0 Å². The number of nitrogens with zero attached hydrogens (tertiary/aromatic N) is 1. The standard InChI is InChI=1S/C6H5ClN2.CH3.Y/c7-5-1-3-9-4-2-8-6(5)9;;/h1-4,8H;1H3;/q;-1;. The Morgan fingerprint density at radius 2 is 2.09 bits per heavy atom. The van der Waals surface area contributed by atoms with Gasteiger partial charge in [0.1, 0.15) is 5.65 Å². The van der Waals surface area contributed by atoms with Gasteiger partial charge < -0.3 is 16.8 Å². The van der Waals surface area contributed by atoms with Crippen LogP contribution in [0.15, 0.2) is 24.7 Å². The zero-order chi connectivity index (χ0) is 6.27. The molecule has 4 heteroatoms. The van der Waals surface area contributed by atoms with Crippen LogP contribution in [0.2, 0.25) is 5.02 Å². The van der Waals surface area contributed by atoms with Crippen LogP contribution in [0.25, 0.3) is 5.65 Å². The van der Waals surface area contributed by atoms with E-state index in [9.17, 15) is 0 Å². The van der Waals surface area contributed by atoms with Gasteiger partial charge in [-0.05, 0) is 6.07 Å². The maximum atomic E-state index is 5.76. The van der Waals surface area contributed by atoms with E-state index in [1.807, 2.05) is 29.1 Å². The molecule has 0 fully saturated rings. The molecule has 0 aliphatic heterocycles. The van der Waals surface area contributed by atoms with Crippen LogP contribution < -0.4 is 0 Å². The monoisotopic (exact) mass is 244 g/mol. The fourth-order valence-electron chi connectivity index (χ4n) is 0.887. The normalized spacial score (nSPS) is 8.82. The molecule has 2 rings (SSSR count). The fraction of sp³-hybridized carbons (Fsp3) is 0. The first-order chi connectivity index (χ1) is 4.38. The molecule has 1 radical (unpaired) electrons. The van der Waals surface area contributed by atoms with Crippen molar-refractivity contribution in [2.24, 2.45) is 0 Å². The average molecular weight is 245 g/mol. The number of aromatic nitrogens is 2. The molecule has 2 aromatic heterocycles. The fourth-order valence-corrected chi connectivity index (χ4v) is 1.10. The summed E-state index contributed by atoms with van der Waals surface area (Å²) >= 11 is 5.76. The van der Waals surface area contributed by atoms with Gasteiger partial charge in [-0.1, -0.05) is 11.6 Å². The van der Waals surface area contributed by atoms with E-state index in [0.717, 1.165) is 10.7 Å². The molecule has 0 aliphatic carbocycles. The van der Waals surface area contributed by atoms with E-state index in [2.05, 4.69) is 4.98 Å². The molecular weight excluding hydrogens is 236 g/mol. The summed E-state index contributed by atoms with van der Waals surface area (Å²) in [5.41, 5.74) is 0.955. The smallest absolute Gasteiger partial charge is 0.133 e. The van der Waals surface area contributed by atoms with Crippen molar-refractivity contribution in [3.05, 3.63) is 37.1 Å². The third kappa shape index (κ3) is 1.87. The molecule has 0 aromatic carbocycles. The minimum absolute atomic E-state index is 0. The first-order valence-corrected chi connectivity index (χ1v) is 3.05. The van der Waals surface area contributed by atoms with E-state index >= 15 is 0 Å². The van der Waals surface area contributed by atoms with E-state index < -0.39 is 0 Å². The second-order valence-electron chi connectivity index (χ2n) is 1.88. The summed E-state index contributed by atoms with van der Waals surface area (Å²) in [6, 6.07) is 1.85. The van der Waals surface area contributed by atoms with Gasteiger partial charge in [0.15, 0.2) is 0 Å². The Labute approximate surface area is 95.8 Å². The van der Waals surface area contributed by atoms with Crippen LogP contribution in [-0.4, -0.2) is 9.38 Å². The summed E-state index contributed by atoms with van der Waals surface area (Å²) in [6.07, 6.45) is 5.68. The summed E-state index contributed by atoms with van der Waals surface area (Å²) < 4.78 is 1.93. The molecule has 2 nitrogen and oxygen atoms in total. The Morgan fingerprint density at radius 3 is 2.73 bits per heavy atom. The van der Waals surface area contributed by atoms with Crippen LogP contribution in [0.4, 0.5) is 0 Å². The second-order valence-corrected chi connectivity index (χ2v) is 2.29. The minimum Gasteiger partial charge on any atom is -0.358 e. The van der Waals surface area contributed by atoms with Crippen LogP contribution in [0.5, 0.6) is 0 Å². The van der Waals surface area contributed by atoms with Gasteiger partial charge in [0.25, 0.3) is 0 Å². The summed E-state index contributed by atoms with van der Waals surface area (Å²) in [5.74, 6) is 0. The van der Waals surface area contributed by atoms with Crippen molar-refractivity contribution >= 4 is 17.2 Å². The third-order valence-corrected chi connectivity index (χ3v) is 1.63. The number of rotatable bonds is 0. The van der Waals surface area contributed by atoms with E-state index in [1.54, 1.807) is 0 Å². The van der Waals surface area contributed by atoms with Gasteiger partial charge in [0.05, 0.1) is 5.02 Å². The van der Waals surface area contributed by atoms with Crippen LogP contribution >= 0.6 is 11.6 Å². The van der Waals surface area contributed by atoms with Crippen molar-refractivity contribution in [1.82, 2.24) is 9.38 Å². The molecule has 11 heavy (non-hydrogen) atoms. The van der Waals surface area contributed by atoms with Crippen molar-refractivity contribution in [3.63, 3.8) is 0 Å². The van der Waals surface area contributed by atoms with Crippen LogP contribution in [0.3, 0.4) is 0 Å². The third-order valence-electron chi connectivity index (χ3n) is 1.32. The molecule has 0 atom stereocenters. The van der Waals surface area contributed by atoms with Crippen molar-refractivity contribution in [2.45, 2.75) is 0 Å². The predicted molar refractivity (Wildman–Crippen MR) is 43.2 cm³/mol. The van der Waals surface area contributed by atoms with Gasteiger partial charge in [-0.2, -0.15) is 0 Å². The quantitative estimate of drug-likeness (QED) is 0.687. The summed E-state index contributed by atoms with van der Waals surface area (Å²) in [4.78, 5) is 3.00. The second kappa shape index (κ2) is 4.29. The molecule has 2 heterocycles. The van der Waals surface area contributed by atoms with Crippen molar-refractivity contribution in [1.29, 1.82) is 0 Å². The van der Waals surface area contributed by atoms with Crippen molar-refractivity contribution < 1.29 is 32.7 Å². The number of hydrogen-bond acceptors (Lipinski definition) is 0. The number of fused-ring (bicyclic) bond motifs is 1. The van der Waals surface area contributed by atoms with E-state index in [1.165, 1.54) is 0 Å². The Bertz CT molecular complexity index is 326. The molecule has 0 saturated carbocycles. The predicted octanol–water partition coefficient (Wildman–Crippen LogP) is 2.37. The number of hydrogen-bond donors (Lipinski definition) is 1. The zero-order valence-electron chi connectivity index (χ0n) is 6.21. The Balaban J connectivity index is 0.000000500. The maximum Gasteiger partial charge on any atom is 0.133 e. The number of H-pyrrole nitrogens is 1. The van der Waals surface area contributed by atoms with E-state index in [4.69, 9.17) is 11.6 Å². The molecule has 0 aliphatic rings. The van der Waals surface area contributed by atoms with Crippen molar-refractivity contribution in [3.8, 4) is 0 Å². The Hall–Kier alpha value is 0.214. The van der Waals surface area contributed by atoms with Crippen LogP contribution in [-0.2, 0) is 32.7 Å². The maximum absolute atomic E-state index is 5.76. The first kappa shape index (κ1) is 11.2. The Kier molecular flexibility index (Phi) is 4.38. The van der Waals surface area contributed by atoms with Crippen LogP contribution in [0.1, 0.15) is 0 Å². The van der Waals surface area contributed by atoms with Gasteiger partial charge in [-0.15, -0.1) is 0 Å². The topological polar surface area (TPSA) is 20.2 Å². The van der Waals surface area contributed by atoms with Gasteiger partial charge in [-0.3, -0.25) is 0 Å². The number of imidazole rings is 1. The molecule has 0 spiro atoms. The number of nitrogens with one attached hydrogen (secondary N) is 1. The molecule has 0 amide bonds. The van der Waals surface area contributed by atoms with Crippen molar-refractivity contribution in [2.75, 3.05) is 0 Å². The molecule has 0 saturated heterocycles. The van der Waals surface area contributed by atoms with Gasteiger partial charge in [-0.25, -0.2) is 0 Å². The molecular formula is C7H8ClN2Y-. The summed E-state index contributed by atoms with van der Waals surface area (Å²) in [5, 5.41) is 0.764. The minimum atomic E-state index is 0. The number of halogens is 1. The van der Waals surface area contributed by atoms with E-state index in [0.29, 0.717) is 0 Å². The summed E-state index contributed by atoms with van der Waals surface area (Å²) in [6.45, 7) is 0. The molecule has 0 unspecified atom stereocenters. The molecule has 1 N–H and O–H groups in total. The van der Waals surface area contributed by atoms with Gasteiger partial charge >= 0.3 is 0 Å². The Morgan fingerprint density at radius 1 is 1.36 bits per heavy atom. The molecule has 2 aromatic rings.